The number of nitrogens with one attached hydrogen (secondary N) is 2. The monoisotopic (exact) mass is 276 g/mol. The Hall–Kier alpha value is -0.940. The normalized spacial score (nSPS) is 33.7. The lowest BCUT2D eigenvalue weighted by molar-refractivity contribution is -0.0278. The molecule has 3 rings (SSSR count). The molecule has 4 nitrogen and oxygen atoms in total. The van der Waals surface area contributed by atoms with Crippen LogP contribution in [-0.2, 0) is 11.3 Å². The van der Waals surface area contributed by atoms with Crippen molar-refractivity contribution >= 4 is 0 Å². The van der Waals surface area contributed by atoms with Crippen LogP contribution in [-0.4, -0.2) is 36.5 Å². The Morgan fingerprint density at radius 3 is 3.10 bits per heavy atom. The van der Waals surface area contributed by atoms with Crippen LogP contribution in [0.1, 0.15) is 36.9 Å². The highest BCUT2D eigenvalue weighted by Crippen LogP contribution is 2.28. The summed E-state index contributed by atoms with van der Waals surface area (Å²) >= 11 is 0. The van der Waals surface area contributed by atoms with E-state index in [-0.39, 0.29) is 6.10 Å². The van der Waals surface area contributed by atoms with Crippen LogP contribution in [0, 0.1) is 0 Å². The second kappa shape index (κ2) is 5.82. The Morgan fingerprint density at radius 2 is 2.30 bits per heavy atom. The maximum Gasteiger partial charge on any atom is 0.105 e. The third kappa shape index (κ3) is 2.74. The summed E-state index contributed by atoms with van der Waals surface area (Å²) in [5, 5.41) is 17.6. The molecule has 3 N–H and O–H groups in total. The van der Waals surface area contributed by atoms with E-state index in [4.69, 9.17) is 4.74 Å². The van der Waals surface area contributed by atoms with Crippen molar-refractivity contribution in [3.8, 4) is 0 Å². The van der Waals surface area contributed by atoms with Crippen molar-refractivity contribution in [1.82, 2.24) is 10.6 Å². The second-order valence-electron chi connectivity index (χ2n) is 5.96. The van der Waals surface area contributed by atoms with Gasteiger partial charge in [0.2, 0.25) is 0 Å². The van der Waals surface area contributed by atoms with Crippen LogP contribution in [0.4, 0.5) is 0 Å². The maximum atomic E-state index is 10.6. The third-order valence-corrected chi connectivity index (χ3v) is 4.67. The van der Waals surface area contributed by atoms with Gasteiger partial charge in [0.15, 0.2) is 0 Å². The minimum Gasteiger partial charge on any atom is -0.386 e. The summed E-state index contributed by atoms with van der Waals surface area (Å²) in [5.41, 5.74) is 1.98. The molecular formula is C16H24N2O2. The lowest BCUT2D eigenvalue weighted by Gasteiger charge is -2.29. The van der Waals surface area contributed by atoms with Crippen LogP contribution in [0.3, 0.4) is 0 Å². The molecule has 0 bridgehead atoms. The molecule has 1 fully saturated rings. The average molecular weight is 276 g/mol. The zero-order valence-electron chi connectivity index (χ0n) is 12.1. The molecule has 1 aromatic carbocycles. The number of aliphatic hydroxyl groups is 1. The minimum atomic E-state index is -0.728. The number of fused-ring (bicyclic) bond motifs is 1. The fraction of sp³-hybridized carbons (Fsp3) is 0.625. The Balaban J connectivity index is 1.71. The molecule has 4 heteroatoms. The van der Waals surface area contributed by atoms with E-state index in [9.17, 15) is 5.11 Å². The highest BCUT2D eigenvalue weighted by atomic mass is 16.5. The quantitative estimate of drug-likeness (QED) is 0.780. The van der Waals surface area contributed by atoms with E-state index in [2.05, 4.69) is 34.9 Å². The predicted molar refractivity (Wildman–Crippen MR) is 78.5 cm³/mol. The van der Waals surface area contributed by atoms with Crippen molar-refractivity contribution in [1.29, 1.82) is 0 Å². The molecule has 0 amide bonds. The van der Waals surface area contributed by atoms with E-state index in [1.807, 2.05) is 6.92 Å². The predicted octanol–water partition coefficient (Wildman–Crippen LogP) is 1.35. The number of hydrogen-bond acceptors (Lipinski definition) is 4. The highest BCUT2D eigenvalue weighted by molar-refractivity contribution is 5.31. The first-order valence-corrected chi connectivity index (χ1v) is 7.55. The summed E-state index contributed by atoms with van der Waals surface area (Å²) in [6.07, 6.45) is 1.67. The van der Waals surface area contributed by atoms with Crippen molar-refractivity contribution in [2.75, 3.05) is 19.7 Å². The summed E-state index contributed by atoms with van der Waals surface area (Å²) in [6.45, 7) is 5.13. The molecule has 2 aliphatic heterocycles. The van der Waals surface area contributed by atoms with Crippen LogP contribution in [0.5, 0.6) is 0 Å². The fourth-order valence-corrected chi connectivity index (χ4v) is 3.17. The Bertz CT molecular complexity index is 466. The maximum absolute atomic E-state index is 10.6. The van der Waals surface area contributed by atoms with E-state index in [0.29, 0.717) is 25.6 Å². The van der Waals surface area contributed by atoms with Gasteiger partial charge in [-0.3, -0.25) is 0 Å². The molecule has 110 valence electrons. The SMILES string of the molecule is CC1OCCC1(O)CNC1CCNCc2ccccc21. The van der Waals surface area contributed by atoms with Gasteiger partial charge in [0, 0.05) is 32.2 Å². The Kier molecular flexibility index (Phi) is 4.08. The summed E-state index contributed by atoms with van der Waals surface area (Å²) < 4.78 is 5.50. The lowest BCUT2D eigenvalue weighted by Crippen LogP contribution is -2.46. The van der Waals surface area contributed by atoms with Gasteiger partial charge in [-0.05, 0) is 31.0 Å². The van der Waals surface area contributed by atoms with Crippen molar-refractivity contribution in [2.24, 2.45) is 0 Å². The van der Waals surface area contributed by atoms with Crippen molar-refractivity contribution in [3.63, 3.8) is 0 Å². The fourth-order valence-electron chi connectivity index (χ4n) is 3.17. The largest absolute Gasteiger partial charge is 0.386 e. The zero-order chi connectivity index (χ0) is 14.0. The third-order valence-electron chi connectivity index (χ3n) is 4.67. The summed E-state index contributed by atoms with van der Waals surface area (Å²) in [7, 11) is 0. The molecule has 0 aliphatic carbocycles. The molecule has 1 aromatic rings. The summed E-state index contributed by atoms with van der Waals surface area (Å²) in [5.74, 6) is 0. The van der Waals surface area contributed by atoms with Crippen molar-refractivity contribution in [3.05, 3.63) is 35.4 Å². The minimum absolute atomic E-state index is 0.0888. The van der Waals surface area contributed by atoms with Gasteiger partial charge in [0.05, 0.1) is 6.10 Å². The number of hydrogen-bond donors (Lipinski definition) is 3. The molecule has 2 aliphatic rings. The molecular weight excluding hydrogens is 252 g/mol. The van der Waals surface area contributed by atoms with Gasteiger partial charge in [-0.1, -0.05) is 24.3 Å². The smallest absolute Gasteiger partial charge is 0.105 e. The van der Waals surface area contributed by atoms with Crippen LogP contribution in [0.25, 0.3) is 0 Å². The molecule has 2 heterocycles. The highest BCUT2D eigenvalue weighted by Gasteiger charge is 2.39. The standard InChI is InChI=1S/C16H24N2O2/c1-12-16(19,7-9-20-12)11-18-15-6-8-17-10-13-4-2-3-5-14(13)15/h2-5,12,15,17-19H,6-11H2,1H3. The number of benzene rings is 1. The molecule has 1 saturated heterocycles. The zero-order valence-corrected chi connectivity index (χ0v) is 12.1. The first-order chi connectivity index (χ1) is 9.69. The van der Waals surface area contributed by atoms with Crippen LogP contribution < -0.4 is 10.6 Å². The van der Waals surface area contributed by atoms with Crippen LogP contribution >= 0.6 is 0 Å². The second-order valence-corrected chi connectivity index (χ2v) is 5.96. The molecule has 0 spiro atoms. The van der Waals surface area contributed by atoms with Crippen molar-refractivity contribution in [2.45, 2.75) is 44.1 Å². The summed E-state index contributed by atoms with van der Waals surface area (Å²) in [6, 6.07) is 8.85. The lowest BCUT2D eigenvalue weighted by atomic mass is 9.94. The van der Waals surface area contributed by atoms with E-state index in [1.54, 1.807) is 0 Å². The van der Waals surface area contributed by atoms with E-state index >= 15 is 0 Å². The topological polar surface area (TPSA) is 53.5 Å². The van der Waals surface area contributed by atoms with E-state index < -0.39 is 5.60 Å². The first kappa shape index (κ1) is 14.0. The van der Waals surface area contributed by atoms with Crippen molar-refractivity contribution < 1.29 is 9.84 Å². The van der Waals surface area contributed by atoms with E-state index in [0.717, 1.165) is 19.5 Å². The van der Waals surface area contributed by atoms with Gasteiger partial charge in [-0.25, -0.2) is 0 Å². The molecule has 3 atom stereocenters. The molecule has 3 unspecified atom stereocenters. The average Bonchev–Trinajstić information content (AvgIpc) is 2.68. The number of ether oxygens (including phenoxy) is 1. The Labute approximate surface area is 120 Å². The molecule has 0 radical (unpaired) electrons. The van der Waals surface area contributed by atoms with Gasteiger partial charge in [-0.15, -0.1) is 0 Å². The summed E-state index contributed by atoms with van der Waals surface area (Å²) in [4.78, 5) is 0. The van der Waals surface area contributed by atoms with Gasteiger partial charge in [0.25, 0.3) is 0 Å². The van der Waals surface area contributed by atoms with Gasteiger partial charge >= 0.3 is 0 Å². The van der Waals surface area contributed by atoms with Gasteiger partial charge in [-0.2, -0.15) is 0 Å². The van der Waals surface area contributed by atoms with Gasteiger partial charge in [0.1, 0.15) is 5.60 Å². The molecule has 20 heavy (non-hydrogen) atoms. The van der Waals surface area contributed by atoms with Crippen LogP contribution in [0.15, 0.2) is 24.3 Å². The first-order valence-electron chi connectivity index (χ1n) is 7.55. The van der Waals surface area contributed by atoms with E-state index in [1.165, 1.54) is 11.1 Å². The van der Waals surface area contributed by atoms with Gasteiger partial charge < -0.3 is 20.5 Å². The van der Waals surface area contributed by atoms with Crippen LogP contribution in [0.2, 0.25) is 0 Å². The Morgan fingerprint density at radius 1 is 1.45 bits per heavy atom. The molecule has 0 aromatic heterocycles. The molecule has 0 saturated carbocycles. The number of rotatable bonds is 3.